The van der Waals surface area contributed by atoms with Gasteiger partial charge in [0.1, 0.15) is 0 Å². The molecule has 0 aliphatic heterocycles. The lowest BCUT2D eigenvalue weighted by Crippen LogP contribution is -2.36. The quantitative estimate of drug-likeness (QED) is 0.849. The lowest BCUT2D eigenvalue weighted by molar-refractivity contribution is 0.407. The molecule has 17 heavy (non-hydrogen) atoms. The van der Waals surface area contributed by atoms with Crippen molar-refractivity contribution in [1.82, 2.24) is 4.98 Å². The Morgan fingerprint density at radius 2 is 2.12 bits per heavy atom. The van der Waals surface area contributed by atoms with Gasteiger partial charge in [-0.3, -0.25) is 0 Å². The van der Waals surface area contributed by atoms with Crippen molar-refractivity contribution in [3.8, 4) is 0 Å². The highest BCUT2D eigenvalue weighted by Crippen LogP contribution is 2.17. The molecule has 0 saturated heterocycles. The molecule has 0 spiro atoms. The molecule has 3 nitrogen and oxygen atoms in total. The lowest BCUT2D eigenvalue weighted by Gasteiger charge is -2.21. The Morgan fingerprint density at radius 3 is 2.65 bits per heavy atom. The number of hydrogen-bond donors (Lipinski definition) is 2. The maximum atomic E-state index is 13.5. The van der Waals surface area contributed by atoms with E-state index in [1.54, 1.807) is 6.20 Å². The highest BCUT2D eigenvalue weighted by Gasteiger charge is 2.14. The minimum atomic E-state index is -0.365. The van der Waals surface area contributed by atoms with Crippen LogP contribution in [0.2, 0.25) is 0 Å². The van der Waals surface area contributed by atoms with Gasteiger partial charge in [0.2, 0.25) is 0 Å². The summed E-state index contributed by atoms with van der Waals surface area (Å²) in [7, 11) is 0. The molecular weight excluding hydrogens is 285 g/mol. The van der Waals surface area contributed by atoms with E-state index in [9.17, 15) is 4.39 Å². The Bertz CT molecular complexity index is 356. The molecule has 1 aromatic rings. The van der Waals surface area contributed by atoms with Gasteiger partial charge in [-0.05, 0) is 27.9 Å². The predicted molar refractivity (Wildman–Crippen MR) is 72.4 cm³/mol. The first-order chi connectivity index (χ1) is 8.08. The summed E-state index contributed by atoms with van der Waals surface area (Å²) in [6, 6.07) is 1.41. The van der Waals surface area contributed by atoms with Gasteiger partial charge in [0.15, 0.2) is 11.6 Å². The standard InChI is InChI=1S/C12H19BrFN3/c1-3-8(4-2)11(15)7-17-12-10(14)5-9(13)6-16-12/h5-6,8,11H,3-4,7,15H2,1-2H3,(H,16,17). The van der Waals surface area contributed by atoms with E-state index in [1.165, 1.54) is 6.07 Å². The summed E-state index contributed by atoms with van der Waals surface area (Å²) in [5, 5.41) is 2.96. The predicted octanol–water partition coefficient (Wildman–Crippen LogP) is 3.16. The molecule has 96 valence electrons. The van der Waals surface area contributed by atoms with E-state index in [1.807, 2.05) is 0 Å². The zero-order valence-electron chi connectivity index (χ0n) is 10.2. The van der Waals surface area contributed by atoms with Crippen molar-refractivity contribution >= 4 is 21.7 Å². The summed E-state index contributed by atoms with van der Waals surface area (Å²) in [5.74, 6) is 0.353. The maximum Gasteiger partial charge on any atom is 0.166 e. The van der Waals surface area contributed by atoms with Gasteiger partial charge in [0.25, 0.3) is 0 Å². The molecule has 0 aliphatic carbocycles. The summed E-state index contributed by atoms with van der Waals surface area (Å²) < 4.78 is 14.1. The molecule has 1 rings (SSSR count). The molecule has 0 amide bonds. The van der Waals surface area contributed by atoms with Crippen molar-refractivity contribution in [2.24, 2.45) is 11.7 Å². The summed E-state index contributed by atoms with van der Waals surface area (Å²) in [5.41, 5.74) is 6.04. The topological polar surface area (TPSA) is 50.9 Å². The Kier molecular flexibility index (Phi) is 5.85. The fourth-order valence-corrected chi connectivity index (χ4v) is 2.12. The lowest BCUT2D eigenvalue weighted by atomic mass is 9.95. The largest absolute Gasteiger partial charge is 0.366 e. The third kappa shape index (κ3) is 4.24. The fourth-order valence-electron chi connectivity index (χ4n) is 1.82. The first-order valence-corrected chi connectivity index (χ1v) is 6.68. The Hall–Kier alpha value is -0.680. The average molecular weight is 304 g/mol. The van der Waals surface area contributed by atoms with E-state index in [0.717, 1.165) is 12.8 Å². The molecule has 1 aromatic heterocycles. The molecule has 1 heterocycles. The number of halogens is 2. The van der Waals surface area contributed by atoms with Gasteiger partial charge in [-0.15, -0.1) is 0 Å². The number of pyridine rings is 1. The molecule has 1 atom stereocenters. The number of anilines is 1. The van der Waals surface area contributed by atoms with Crippen LogP contribution in [-0.4, -0.2) is 17.6 Å². The van der Waals surface area contributed by atoms with E-state index in [4.69, 9.17) is 5.73 Å². The van der Waals surface area contributed by atoms with Gasteiger partial charge in [0, 0.05) is 23.3 Å². The fraction of sp³-hybridized carbons (Fsp3) is 0.583. The molecule has 0 radical (unpaired) electrons. The minimum absolute atomic E-state index is 0.0230. The Morgan fingerprint density at radius 1 is 1.47 bits per heavy atom. The Labute approximate surface area is 110 Å². The average Bonchev–Trinajstić information content (AvgIpc) is 2.29. The third-order valence-corrected chi connectivity index (χ3v) is 3.40. The normalized spacial score (nSPS) is 12.8. The SMILES string of the molecule is CCC(CC)C(N)CNc1ncc(Br)cc1F. The zero-order valence-corrected chi connectivity index (χ0v) is 11.8. The number of hydrogen-bond acceptors (Lipinski definition) is 3. The van der Waals surface area contributed by atoms with Crippen LogP contribution in [0.25, 0.3) is 0 Å². The van der Waals surface area contributed by atoms with E-state index in [2.05, 4.69) is 40.1 Å². The van der Waals surface area contributed by atoms with Crippen LogP contribution in [0.5, 0.6) is 0 Å². The van der Waals surface area contributed by atoms with Crippen LogP contribution in [0.1, 0.15) is 26.7 Å². The smallest absolute Gasteiger partial charge is 0.166 e. The van der Waals surface area contributed by atoms with E-state index in [-0.39, 0.29) is 17.7 Å². The zero-order chi connectivity index (χ0) is 12.8. The second-order valence-electron chi connectivity index (χ2n) is 4.11. The second-order valence-corrected chi connectivity index (χ2v) is 5.02. The monoisotopic (exact) mass is 303 g/mol. The molecule has 0 fully saturated rings. The van der Waals surface area contributed by atoms with Crippen molar-refractivity contribution in [2.45, 2.75) is 32.7 Å². The minimum Gasteiger partial charge on any atom is -0.366 e. The molecular formula is C12H19BrFN3. The number of nitrogens with one attached hydrogen (secondary N) is 1. The Balaban J connectivity index is 2.55. The van der Waals surface area contributed by atoms with Gasteiger partial charge in [-0.2, -0.15) is 0 Å². The molecule has 3 N–H and O–H groups in total. The van der Waals surface area contributed by atoms with Gasteiger partial charge in [0.05, 0.1) is 0 Å². The van der Waals surface area contributed by atoms with Crippen molar-refractivity contribution in [2.75, 3.05) is 11.9 Å². The van der Waals surface area contributed by atoms with Gasteiger partial charge >= 0.3 is 0 Å². The molecule has 0 saturated carbocycles. The first kappa shape index (κ1) is 14.4. The van der Waals surface area contributed by atoms with E-state index in [0.29, 0.717) is 16.9 Å². The van der Waals surface area contributed by atoms with Crippen LogP contribution in [0.15, 0.2) is 16.7 Å². The van der Waals surface area contributed by atoms with Crippen LogP contribution in [0.3, 0.4) is 0 Å². The van der Waals surface area contributed by atoms with Gasteiger partial charge in [-0.1, -0.05) is 26.7 Å². The maximum absolute atomic E-state index is 13.5. The second kappa shape index (κ2) is 6.91. The van der Waals surface area contributed by atoms with Gasteiger partial charge < -0.3 is 11.1 Å². The molecule has 0 aromatic carbocycles. The van der Waals surface area contributed by atoms with Crippen LogP contribution in [0.4, 0.5) is 10.2 Å². The highest BCUT2D eigenvalue weighted by atomic mass is 79.9. The van der Waals surface area contributed by atoms with Crippen LogP contribution in [-0.2, 0) is 0 Å². The van der Waals surface area contributed by atoms with E-state index < -0.39 is 0 Å². The summed E-state index contributed by atoms with van der Waals surface area (Å²) in [6.45, 7) is 4.77. The van der Waals surface area contributed by atoms with Crippen molar-refractivity contribution in [3.05, 3.63) is 22.6 Å². The number of aromatic nitrogens is 1. The molecule has 1 unspecified atom stereocenters. The van der Waals surface area contributed by atoms with Crippen LogP contribution < -0.4 is 11.1 Å². The van der Waals surface area contributed by atoms with Crippen molar-refractivity contribution in [1.29, 1.82) is 0 Å². The van der Waals surface area contributed by atoms with Crippen LogP contribution in [0, 0.1) is 11.7 Å². The highest BCUT2D eigenvalue weighted by molar-refractivity contribution is 9.10. The summed E-state index contributed by atoms with van der Waals surface area (Å²) in [4.78, 5) is 3.97. The number of rotatable bonds is 6. The summed E-state index contributed by atoms with van der Waals surface area (Å²) in [6.07, 6.45) is 3.64. The van der Waals surface area contributed by atoms with Crippen molar-refractivity contribution < 1.29 is 4.39 Å². The molecule has 5 heteroatoms. The first-order valence-electron chi connectivity index (χ1n) is 5.88. The van der Waals surface area contributed by atoms with E-state index >= 15 is 0 Å². The van der Waals surface area contributed by atoms with Crippen LogP contribution >= 0.6 is 15.9 Å². The third-order valence-electron chi connectivity index (χ3n) is 2.97. The molecule has 0 aliphatic rings. The number of nitrogens with zero attached hydrogens (tertiary/aromatic N) is 1. The van der Waals surface area contributed by atoms with Gasteiger partial charge in [-0.25, -0.2) is 9.37 Å². The number of nitrogens with two attached hydrogens (primary N) is 1. The summed E-state index contributed by atoms with van der Waals surface area (Å²) >= 11 is 3.17. The van der Waals surface area contributed by atoms with Crippen molar-refractivity contribution in [3.63, 3.8) is 0 Å². The molecule has 0 bridgehead atoms.